The molecule has 0 aliphatic heterocycles. The molecule has 0 unspecified atom stereocenters. The van der Waals surface area contributed by atoms with Gasteiger partial charge in [-0.1, -0.05) is 11.3 Å². The Morgan fingerprint density at radius 2 is 1.90 bits per heavy atom. The van der Waals surface area contributed by atoms with E-state index in [9.17, 15) is 0 Å². The number of nitrogens with zero attached hydrogens (tertiary/aromatic N) is 3. The number of nitrogens with two attached hydrogens (primary N) is 3. The van der Waals surface area contributed by atoms with Crippen LogP contribution in [0.3, 0.4) is 0 Å². The average Bonchev–Trinajstić information content (AvgIpc) is 3.35. The summed E-state index contributed by atoms with van der Waals surface area (Å²) in [6.45, 7) is 0. The maximum atomic E-state index is 8.03. The van der Waals surface area contributed by atoms with Crippen LogP contribution in [0.2, 0.25) is 0 Å². The van der Waals surface area contributed by atoms with Crippen LogP contribution in [0, 0.1) is 23.2 Å². The van der Waals surface area contributed by atoms with Crippen molar-refractivity contribution in [2.24, 2.45) is 23.4 Å². The van der Waals surface area contributed by atoms with E-state index in [0.717, 1.165) is 29.7 Å². The van der Waals surface area contributed by atoms with Gasteiger partial charge < -0.3 is 16.9 Å². The minimum Gasteiger partial charge on any atom is -0.375 e. The molecule has 0 amide bonds. The van der Waals surface area contributed by atoms with Crippen LogP contribution in [0.1, 0.15) is 37.1 Å². The molecule has 1 aromatic rings. The van der Waals surface area contributed by atoms with Gasteiger partial charge in [0.05, 0.1) is 6.07 Å². The third kappa shape index (κ3) is 9.95. The number of hydrogen-bond donors (Lipinski definition) is 4. The van der Waals surface area contributed by atoms with Crippen LogP contribution in [0.15, 0.2) is 0 Å². The quantitative estimate of drug-likeness (QED) is 0.367. The van der Waals surface area contributed by atoms with Gasteiger partial charge in [0, 0.05) is 12.8 Å². The van der Waals surface area contributed by atoms with Crippen molar-refractivity contribution in [1.82, 2.24) is 15.6 Å². The second-order valence-electron chi connectivity index (χ2n) is 5.00. The molecule has 0 aromatic carbocycles. The molecule has 1 aromatic heterocycles. The highest BCUT2D eigenvalue weighted by molar-refractivity contribution is 7.80. The van der Waals surface area contributed by atoms with Crippen LogP contribution in [0.5, 0.6) is 0 Å². The molecule has 9 heteroatoms. The summed E-state index contributed by atoms with van der Waals surface area (Å²) < 4.78 is 0. The van der Waals surface area contributed by atoms with E-state index in [1.54, 1.807) is 0 Å². The largest absolute Gasteiger partial charge is 0.375 e. The molecule has 0 radical (unpaired) electrons. The van der Waals surface area contributed by atoms with Gasteiger partial charge in [0.2, 0.25) is 5.13 Å². The maximum absolute atomic E-state index is 8.03. The first kappa shape index (κ1) is 17.6. The molecule has 0 spiro atoms. The van der Waals surface area contributed by atoms with Crippen molar-refractivity contribution in [3.05, 3.63) is 5.01 Å². The van der Waals surface area contributed by atoms with Gasteiger partial charge in [-0.3, -0.25) is 0 Å². The van der Waals surface area contributed by atoms with Gasteiger partial charge in [0.15, 0.2) is 5.11 Å². The van der Waals surface area contributed by atoms with Crippen molar-refractivity contribution < 1.29 is 0 Å². The number of hydrogen-bond acceptors (Lipinski definition) is 7. The molecular weight excluding hydrogens is 306 g/mol. The van der Waals surface area contributed by atoms with Crippen LogP contribution in [-0.4, -0.2) is 15.3 Å². The Hall–Kier alpha value is -1.50. The first-order valence-electron chi connectivity index (χ1n) is 6.76. The predicted molar refractivity (Wildman–Crippen MR) is 87.8 cm³/mol. The molecule has 2 aliphatic rings. The van der Waals surface area contributed by atoms with Crippen molar-refractivity contribution in [2.45, 2.75) is 38.5 Å². The van der Waals surface area contributed by atoms with Crippen molar-refractivity contribution in [3.8, 4) is 6.07 Å². The van der Waals surface area contributed by atoms with E-state index in [-0.39, 0.29) is 5.11 Å². The van der Waals surface area contributed by atoms with E-state index in [1.165, 1.54) is 37.0 Å². The number of nitrogen functional groups attached to an aromatic ring is 1. The first-order chi connectivity index (χ1) is 10.0. The molecule has 0 atom stereocenters. The molecule has 21 heavy (non-hydrogen) atoms. The van der Waals surface area contributed by atoms with Gasteiger partial charge in [0.25, 0.3) is 0 Å². The second kappa shape index (κ2) is 9.44. The second-order valence-corrected chi connectivity index (χ2v) is 6.53. The fraction of sp³-hybridized carbons (Fsp3) is 0.667. The Balaban J connectivity index is 0.000000173. The van der Waals surface area contributed by atoms with Crippen molar-refractivity contribution >= 4 is 33.8 Å². The van der Waals surface area contributed by atoms with E-state index < -0.39 is 0 Å². The van der Waals surface area contributed by atoms with Crippen LogP contribution in [0.4, 0.5) is 5.13 Å². The van der Waals surface area contributed by atoms with Crippen LogP contribution >= 0.6 is 23.6 Å². The molecular formula is C12H21N7S2. The smallest absolute Gasteiger partial charge is 0.203 e. The summed E-state index contributed by atoms with van der Waals surface area (Å²) in [5.74, 6) is 6.32. The van der Waals surface area contributed by atoms with Crippen LogP contribution in [-0.2, 0) is 6.42 Å². The fourth-order valence-corrected chi connectivity index (χ4v) is 2.09. The lowest BCUT2D eigenvalue weighted by molar-refractivity contribution is 0.807. The third-order valence-corrected chi connectivity index (χ3v) is 3.75. The highest BCUT2D eigenvalue weighted by Crippen LogP contribution is 2.33. The normalized spacial score (nSPS) is 15.6. The van der Waals surface area contributed by atoms with Gasteiger partial charge in [0.1, 0.15) is 5.01 Å². The zero-order chi connectivity index (χ0) is 15.7. The molecule has 116 valence electrons. The summed E-state index contributed by atoms with van der Waals surface area (Å²) >= 11 is 5.75. The van der Waals surface area contributed by atoms with E-state index in [2.05, 4.69) is 34.3 Å². The highest BCUT2D eigenvalue weighted by atomic mass is 32.1. The lowest BCUT2D eigenvalue weighted by Gasteiger charge is -1.85. The monoisotopic (exact) mass is 327 g/mol. The molecule has 2 aliphatic carbocycles. The lowest BCUT2D eigenvalue weighted by atomic mass is 10.3. The maximum Gasteiger partial charge on any atom is 0.203 e. The van der Waals surface area contributed by atoms with Crippen LogP contribution < -0.4 is 22.7 Å². The van der Waals surface area contributed by atoms with Gasteiger partial charge in [-0.25, -0.2) is 5.84 Å². The summed E-state index contributed by atoms with van der Waals surface area (Å²) in [5.41, 5.74) is 12.2. The molecule has 1 heterocycles. The zero-order valence-corrected chi connectivity index (χ0v) is 13.4. The van der Waals surface area contributed by atoms with Gasteiger partial charge in [-0.05, 0) is 49.7 Å². The average molecular weight is 327 g/mol. The Labute approximate surface area is 133 Å². The first-order valence-corrected chi connectivity index (χ1v) is 7.98. The summed E-state index contributed by atoms with van der Waals surface area (Å²) in [6, 6.07) is 2.13. The van der Waals surface area contributed by atoms with E-state index in [4.69, 9.17) is 16.7 Å². The Bertz CT molecular complexity index is 474. The Morgan fingerprint density at radius 3 is 2.19 bits per heavy atom. The standard InChI is InChI=1S/C6H9N3S.C5H7N.CH5N3S/c7-6-9-8-5(10-6)3-4-1-2-4;6-4-3-5-1-2-5;2-1(5)4-3/h4H,1-3H2,(H2,7,9);5H,1-3H2;3H2,(H3,2,4,5). The van der Waals surface area contributed by atoms with Gasteiger partial charge in [-0.15, -0.1) is 10.2 Å². The Morgan fingerprint density at radius 1 is 1.33 bits per heavy atom. The SMILES string of the molecule is N#CCC1CC1.NNC(N)=S.Nc1nnc(CC2CC2)s1. The van der Waals surface area contributed by atoms with Crippen molar-refractivity contribution in [1.29, 1.82) is 5.26 Å². The topological polar surface area (TPSA) is 140 Å². The number of rotatable bonds is 3. The van der Waals surface area contributed by atoms with E-state index in [0.29, 0.717) is 5.13 Å². The number of anilines is 1. The summed E-state index contributed by atoms with van der Waals surface area (Å²) in [6.07, 6.45) is 7.20. The number of nitrogens with one attached hydrogen (secondary N) is 1. The number of thiocarbonyl (C=S) groups is 1. The summed E-state index contributed by atoms with van der Waals surface area (Å²) in [7, 11) is 0. The Kier molecular flexibility index (Phi) is 7.89. The van der Waals surface area contributed by atoms with Gasteiger partial charge in [-0.2, -0.15) is 5.26 Å². The minimum atomic E-state index is 0.116. The molecule has 3 rings (SSSR count). The van der Waals surface area contributed by atoms with Crippen molar-refractivity contribution in [2.75, 3.05) is 5.73 Å². The third-order valence-electron chi connectivity index (χ3n) is 2.86. The molecule has 7 N–H and O–H groups in total. The number of aromatic nitrogens is 2. The van der Waals surface area contributed by atoms with E-state index in [1.807, 2.05) is 5.43 Å². The number of hydrazine groups is 1. The minimum absolute atomic E-state index is 0.116. The molecule has 2 saturated carbocycles. The van der Waals surface area contributed by atoms with E-state index >= 15 is 0 Å². The molecule has 0 bridgehead atoms. The predicted octanol–water partition coefficient (Wildman–Crippen LogP) is 1.08. The fourth-order valence-electron chi connectivity index (χ4n) is 1.37. The molecule has 2 fully saturated rings. The summed E-state index contributed by atoms with van der Waals surface area (Å²) in [5, 5.41) is 17.5. The highest BCUT2D eigenvalue weighted by Gasteiger charge is 2.23. The van der Waals surface area contributed by atoms with Crippen LogP contribution in [0.25, 0.3) is 0 Å². The molecule has 0 saturated heterocycles. The lowest BCUT2D eigenvalue weighted by Crippen LogP contribution is -2.34. The molecule has 7 nitrogen and oxygen atoms in total. The number of nitriles is 1. The summed E-state index contributed by atoms with van der Waals surface area (Å²) in [4.78, 5) is 0. The zero-order valence-electron chi connectivity index (χ0n) is 11.8. The van der Waals surface area contributed by atoms with Crippen molar-refractivity contribution in [3.63, 3.8) is 0 Å². The van der Waals surface area contributed by atoms with Gasteiger partial charge >= 0.3 is 0 Å².